The van der Waals surface area contributed by atoms with Crippen molar-refractivity contribution in [3.8, 4) is 5.97 Å². The first-order valence-corrected chi connectivity index (χ1v) is 7.54. The highest BCUT2D eigenvalue weighted by Gasteiger charge is 2.21. The second-order valence-electron chi connectivity index (χ2n) is 5.90. The first kappa shape index (κ1) is 19.4. The molecule has 7 heteroatoms. The Morgan fingerprint density at radius 3 is 2.71 bits per heavy atom. The fraction of sp³-hybridized carbons (Fsp3) is 0.412. The largest absolute Gasteiger partial charge is 0.463 e. The normalized spacial score (nSPS) is 11.4. The van der Waals surface area contributed by atoms with Gasteiger partial charge in [0.2, 0.25) is 0 Å². The molecule has 0 saturated carbocycles. The van der Waals surface area contributed by atoms with Gasteiger partial charge in [0, 0.05) is 12.2 Å². The summed E-state index contributed by atoms with van der Waals surface area (Å²) in [4.78, 5) is 28.3. The summed E-state index contributed by atoms with van der Waals surface area (Å²) in [6.07, 6.45) is 2.75. The van der Waals surface area contributed by atoms with Gasteiger partial charge in [0.25, 0.3) is 7.28 Å². The van der Waals surface area contributed by atoms with E-state index >= 15 is 0 Å². The van der Waals surface area contributed by atoms with E-state index in [2.05, 4.69) is 4.98 Å². The number of nitrogens with zero attached hydrogens (tertiary/aromatic N) is 2. The van der Waals surface area contributed by atoms with Crippen LogP contribution in [0.15, 0.2) is 23.9 Å². The van der Waals surface area contributed by atoms with Gasteiger partial charge in [-0.3, -0.25) is 9.78 Å². The zero-order chi connectivity index (χ0) is 18.2. The van der Waals surface area contributed by atoms with Crippen LogP contribution in [-0.4, -0.2) is 36.4 Å². The van der Waals surface area contributed by atoms with E-state index < -0.39 is 17.5 Å². The highest BCUT2D eigenvalue weighted by molar-refractivity contribution is 6.61. The fourth-order valence-corrected chi connectivity index (χ4v) is 1.85. The van der Waals surface area contributed by atoms with Gasteiger partial charge in [0.05, 0.1) is 24.3 Å². The van der Waals surface area contributed by atoms with E-state index in [0.717, 1.165) is 0 Å². The van der Waals surface area contributed by atoms with Crippen LogP contribution in [0.25, 0.3) is 6.08 Å². The molecule has 1 rings (SSSR count). The van der Waals surface area contributed by atoms with Crippen molar-refractivity contribution in [2.24, 2.45) is 0 Å². The molecule has 125 valence electrons. The van der Waals surface area contributed by atoms with Crippen LogP contribution in [0.1, 0.15) is 39.8 Å². The van der Waals surface area contributed by atoms with Crippen LogP contribution in [0.5, 0.6) is 0 Å². The maximum absolute atomic E-state index is 12.1. The Kier molecular flexibility index (Phi) is 7.18. The van der Waals surface area contributed by atoms with Crippen LogP contribution in [0.4, 0.5) is 0 Å². The fourth-order valence-electron chi connectivity index (χ4n) is 1.85. The third-order valence-corrected chi connectivity index (χ3v) is 2.69. The number of ether oxygens (including phenoxy) is 2. The first-order chi connectivity index (χ1) is 11.3. The van der Waals surface area contributed by atoms with E-state index in [1.807, 2.05) is 5.97 Å². The van der Waals surface area contributed by atoms with E-state index in [0.29, 0.717) is 11.2 Å². The lowest BCUT2D eigenvalue weighted by Crippen LogP contribution is -2.25. The maximum Gasteiger partial charge on any atom is 0.334 e. The number of pyridine rings is 1. The van der Waals surface area contributed by atoms with Gasteiger partial charge in [-0.2, -0.15) is 0 Å². The molecule has 0 aromatic carbocycles. The van der Waals surface area contributed by atoms with Crippen molar-refractivity contribution in [2.75, 3.05) is 6.61 Å². The Morgan fingerprint density at radius 1 is 1.42 bits per heavy atom. The van der Waals surface area contributed by atoms with Crippen LogP contribution in [0.2, 0.25) is 0 Å². The summed E-state index contributed by atoms with van der Waals surface area (Å²) in [7, 11) is 1.31. The van der Waals surface area contributed by atoms with Crippen molar-refractivity contribution in [1.29, 1.82) is 5.26 Å². The van der Waals surface area contributed by atoms with Crippen molar-refractivity contribution < 1.29 is 19.1 Å². The predicted molar refractivity (Wildman–Crippen MR) is 90.3 cm³/mol. The molecule has 0 aliphatic rings. The minimum Gasteiger partial charge on any atom is -0.463 e. The second kappa shape index (κ2) is 8.87. The van der Waals surface area contributed by atoms with Crippen LogP contribution in [0.3, 0.4) is 0 Å². The minimum atomic E-state index is -0.651. The molecule has 0 atom stereocenters. The number of nitriles is 1. The number of hydrogen-bond acceptors (Lipinski definition) is 6. The highest BCUT2D eigenvalue weighted by atomic mass is 16.6. The van der Waals surface area contributed by atoms with E-state index in [1.165, 1.54) is 19.6 Å². The molecular formula is C17H20BN2O4. The molecule has 1 radical (unpaired) electrons. The lowest BCUT2D eigenvalue weighted by Gasteiger charge is -2.19. The summed E-state index contributed by atoms with van der Waals surface area (Å²) in [5, 5.41) is 8.82. The first-order valence-electron chi connectivity index (χ1n) is 7.54. The van der Waals surface area contributed by atoms with Crippen LogP contribution in [0, 0.1) is 11.2 Å². The third kappa shape index (κ3) is 6.65. The number of esters is 2. The molecule has 1 heterocycles. The zero-order valence-corrected chi connectivity index (χ0v) is 14.3. The molecule has 0 spiro atoms. The van der Waals surface area contributed by atoms with Gasteiger partial charge in [-0.1, -0.05) is 6.07 Å². The number of hydrogen-bond donors (Lipinski definition) is 0. The van der Waals surface area contributed by atoms with E-state index in [9.17, 15) is 9.59 Å². The number of aromatic nitrogens is 1. The van der Waals surface area contributed by atoms with Gasteiger partial charge >= 0.3 is 11.9 Å². The second-order valence-corrected chi connectivity index (χ2v) is 5.90. The SMILES string of the molecule is CCOC(=O)/C(=C/c1ncccc1[B]C#N)CC(=O)OC(C)(C)C. The third-order valence-electron chi connectivity index (χ3n) is 2.69. The van der Waals surface area contributed by atoms with Gasteiger partial charge in [-0.05, 0) is 45.3 Å². The highest BCUT2D eigenvalue weighted by Crippen LogP contribution is 2.14. The van der Waals surface area contributed by atoms with Crippen molar-refractivity contribution >= 4 is 30.8 Å². The van der Waals surface area contributed by atoms with Gasteiger partial charge in [-0.15, -0.1) is 0 Å². The van der Waals surface area contributed by atoms with Crippen molar-refractivity contribution in [3.63, 3.8) is 0 Å². The number of rotatable bonds is 6. The number of carbonyl (C=O) groups is 2. The zero-order valence-electron chi connectivity index (χ0n) is 14.3. The standard InChI is InChI=1S/C17H20BN2O4/c1-5-23-16(22)12(10-15(21)24-17(2,3)4)9-14-13(18-11-19)7-6-8-20-14/h6-9H,5,10H2,1-4H3/b12-9+. The van der Waals surface area contributed by atoms with Gasteiger partial charge in [0.1, 0.15) is 5.60 Å². The molecule has 0 saturated heterocycles. The minimum absolute atomic E-state index is 0.123. The molecule has 6 nitrogen and oxygen atoms in total. The molecule has 24 heavy (non-hydrogen) atoms. The van der Waals surface area contributed by atoms with Gasteiger partial charge in [0.15, 0.2) is 0 Å². The molecule has 0 aliphatic carbocycles. The van der Waals surface area contributed by atoms with Crippen LogP contribution >= 0.6 is 0 Å². The number of carbonyl (C=O) groups excluding carboxylic acids is 2. The maximum atomic E-state index is 12.1. The summed E-state index contributed by atoms with van der Waals surface area (Å²) in [6, 6.07) is 3.37. The quantitative estimate of drug-likeness (QED) is 0.448. The summed E-state index contributed by atoms with van der Waals surface area (Å²) in [6.45, 7) is 7.11. The Labute approximate surface area is 142 Å². The van der Waals surface area contributed by atoms with Crippen molar-refractivity contribution in [2.45, 2.75) is 39.7 Å². The van der Waals surface area contributed by atoms with Gasteiger partial charge < -0.3 is 9.47 Å². The molecule has 1 aromatic rings. The Bertz CT molecular complexity index is 672. The molecular weight excluding hydrogens is 307 g/mol. The summed E-state index contributed by atoms with van der Waals surface area (Å²) < 4.78 is 10.2. The molecule has 0 unspecified atom stereocenters. The lowest BCUT2D eigenvalue weighted by molar-refractivity contribution is -0.155. The van der Waals surface area contributed by atoms with Crippen molar-refractivity contribution in [1.82, 2.24) is 4.98 Å². The topological polar surface area (TPSA) is 89.3 Å². The summed E-state index contributed by atoms with van der Waals surface area (Å²) >= 11 is 0. The molecule has 0 amide bonds. The molecule has 0 bridgehead atoms. The summed E-state index contributed by atoms with van der Waals surface area (Å²) in [5.74, 6) is 0.769. The van der Waals surface area contributed by atoms with Crippen LogP contribution < -0.4 is 5.46 Å². The molecule has 0 aliphatic heterocycles. The smallest absolute Gasteiger partial charge is 0.334 e. The molecule has 0 fully saturated rings. The van der Waals surface area contributed by atoms with E-state index in [-0.39, 0.29) is 18.6 Å². The van der Waals surface area contributed by atoms with Crippen molar-refractivity contribution in [3.05, 3.63) is 29.6 Å². The molecule has 1 aromatic heterocycles. The molecule has 0 N–H and O–H groups in total. The van der Waals surface area contributed by atoms with Crippen LogP contribution in [-0.2, 0) is 19.1 Å². The monoisotopic (exact) mass is 327 g/mol. The lowest BCUT2D eigenvalue weighted by atomic mass is 9.71. The predicted octanol–water partition coefficient (Wildman–Crippen LogP) is 1.57. The Hall–Kier alpha value is -2.62. The average Bonchev–Trinajstić information content (AvgIpc) is 2.47. The summed E-state index contributed by atoms with van der Waals surface area (Å²) in [5.41, 5.74) is 0.427. The Morgan fingerprint density at radius 2 is 2.12 bits per heavy atom. The van der Waals surface area contributed by atoms with E-state index in [4.69, 9.17) is 14.7 Å². The average molecular weight is 327 g/mol. The van der Waals surface area contributed by atoms with E-state index in [1.54, 1.807) is 39.8 Å². The van der Waals surface area contributed by atoms with Gasteiger partial charge in [-0.25, -0.2) is 10.1 Å². The Balaban J connectivity index is 3.12.